The highest BCUT2D eigenvalue weighted by atomic mass is 16.3. The number of para-hydroxylation sites is 1. The van der Waals surface area contributed by atoms with Crippen molar-refractivity contribution in [1.29, 1.82) is 0 Å². The molecule has 0 spiro atoms. The predicted octanol–water partition coefficient (Wildman–Crippen LogP) is 1.90. The molecule has 2 aromatic rings. The van der Waals surface area contributed by atoms with Gasteiger partial charge in [0.05, 0.1) is 12.9 Å². The monoisotopic (exact) mass is 205 g/mol. The molecule has 80 valence electrons. The molecule has 0 aliphatic carbocycles. The van der Waals surface area contributed by atoms with Crippen LogP contribution in [0.4, 0.5) is 0 Å². The molecular weight excluding hydrogens is 190 g/mol. The Morgan fingerprint density at radius 2 is 2.20 bits per heavy atom. The molecule has 3 heteroatoms. The first kappa shape index (κ1) is 10.2. The van der Waals surface area contributed by atoms with Crippen LogP contribution in [-0.4, -0.2) is 17.8 Å². The molecule has 0 saturated heterocycles. The van der Waals surface area contributed by atoms with Crippen LogP contribution in [0.2, 0.25) is 0 Å². The number of rotatable bonds is 4. The molecule has 15 heavy (non-hydrogen) atoms. The fraction of sp³-hybridized carbons (Fsp3) is 0.333. The molecule has 0 saturated carbocycles. The van der Waals surface area contributed by atoms with E-state index in [-0.39, 0.29) is 12.6 Å². The average Bonchev–Trinajstić information content (AvgIpc) is 2.69. The number of fused-ring (bicyclic) bond motifs is 1. The van der Waals surface area contributed by atoms with Gasteiger partial charge < -0.3 is 14.8 Å². The van der Waals surface area contributed by atoms with Gasteiger partial charge >= 0.3 is 0 Å². The summed E-state index contributed by atoms with van der Waals surface area (Å²) in [5.41, 5.74) is 2.04. The van der Waals surface area contributed by atoms with E-state index in [4.69, 9.17) is 9.52 Å². The summed E-state index contributed by atoms with van der Waals surface area (Å²) in [6, 6.07) is 8.06. The van der Waals surface area contributed by atoms with Gasteiger partial charge in [-0.05, 0) is 13.0 Å². The third-order valence-corrected chi connectivity index (χ3v) is 2.48. The Morgan fingerprint density at radius 1 is 1.40 bits per heavy atom. The summed E-state index contributed by atoms with van der Waals surface area (Å²) in [6.07, 6.45) is 1.77. The molecule has 1 atom stereocenters. The largest absolute Gasteiger partial charge is 0.464 e. The van der Waals surface area contributed by atoms with Gasteiger partial charge in [0, 0.05) is 23.5 Å². The molecule has 0 radical (unpaired) electrons. The van der Waals surface area contributed by atoms with Crippen molar-refractivity contribution in [2.45, 2.75) is 19.5 Å². The highest BCUT2D eigenvalue weighted by Gasteiger charge is 2.05. The Morgan fingerprint density at radius 3 is 3.00 bits per heavy atom. The lowest BCUT2D eigenvalue weighted by molar-refractivity contribution is 0.251. The van der Waals surface area contributed by atoms with E-state index in [1.165, 1.54) is 0 Å². The van der Waals surface area contributed by atoms with E-state index >= 15 is 0 Å². The van der Waals surface area contributed by atoms with Crippen LogP contribution in [0.3, 0.4) is 0 Å². The van der Waals surface area contributed by atoms with Crippen LogP contribution in [0.15, 0.2) is 34.9 Å². The maximum atomic E-state index is 8.89. The molecule has 1 aromatic carbocycles. The Hall–Kier alpha value is -1.32. The quantitative estimate of drug-likeness (QED) is 0.801. The van der Waals surface area contributed by atoms with Gasteiger partial charge in [0.1, 0.15) is 5.58 Å². The van der Waals surface area contributed by atoms with E-state index < -0.39 is 0 Å². The van der Waals surface area contributed by atoms with Crippen LogP contribution >= 0.6 is 0 Å². The zero-order chi connectivity index (χ0) is 10.7. The maximum absolute atomic E-state index is 8.89. The van der Waals surface area contributed by atoms with Crippen molar-refractivity contribution < 1.29 is 9.52 Å². The second-order valence-electron chi connectivity index (χ2n) is 3.72. The first-order chi connectivity index (χ1) is 7.31. The minimum Gasteiger partial charge on any atom is -0.464 e. The van der Waals surface area contributed by atoms with E-state index in [0.717, 1.165) is 23.1 Å². The molecule has 2 rings (SSSR count). The molecule has 1 heterocycles. The fourth-order valence-corrected chi connectivity index (χ4v) is 1.52. The predicted molar refractivity (Wildman–Crippen MR) is 59.6 cm³/mol. The molecule has 0 fully saturated rings. The number of aliphatic hydroxyl groups is 1. The van der Waals surface area contributed by atoms with Crippen LogP contribution in [0, 0.1) is 0 Å². The smallest absolute Gasteiger partial charge is 0.134 e. The number of nitrogens with one attached hydrogen (secondary N) is 1. The average molecular weight is 205 g/mol. The highest BCUT2D eigenvalue weighted by molar-refractivity contribution is 5.80. The van der Waals surface area contributed by atoms with Crippen molar-refractivity contribution in [2.75, 3.05) is 6.61 Å². The van der Waals surface area contributed by atoms with Gasteiger partial charge in [-0.1, -0.05) is 18.2 Å². The number of hydrogen-bond acceptors (Lipinski definition) is 3. The van der Waals surface area contributed by atoms with Crippen molar-refractivity contribution in [3.63, 3.8) is 0 Å². The molecule has 0 aliphatic rings. The second kappa shape index (κ2) is 4.47. The topological polar surface area (TPSA) is 45.4 Å². The Kier molecular flexibility index (Phi) is 3.04. The first-order valence-corrected chi connectivity index (χ1v) is 5.10. The Labute approximate surface area is 88.7 Å². The number of hydrogen-bond donors (Lipinski definition) is 2. The SMILES string of the molecule is CC(CO)NCc1coc2ccccc12. The molecule has 2 N–H and O–H groups in total. The highest BCUT2D eigenvalue weighted by Crippen LogP contribution is 2.20. The second-order valence-corrected chi connectivity index (χ2v) is 3.72. The van der Waals surface area contributed by atoms with E-state index in [1.807, 2.05) is 31.2 Å². The van der Waals surface area contributed by atoms with Gasteiger partial charge in [-0.3, -0.25) is 0 Å². The standard InChI is InChI=1S/C12H15NO2/c1-9(7-14)13-6-10-8-15-12-5-3-2-4-11(10)12/h2-5,8-9,13-14H,6-7H2,1H3. The zero-order valence-corrected chi connectivity index (χ0v) is 8.73. The lowest BCUT2D eigenvalue weighted by Gasteiger charge is -2.08. The van der Waals surface area contributed by atoms with Crippen LogP contribution in [0.1, 0.15) is 12.5 Å². The van der Waals surface area contributed by atoms with E-state index in [9.17, 15) is 0 Å². The van der Waals surface area contributed by atoms with Crippen molar-refractivity contribution >= 4 is 11.0 Å². The summed E-state index contributed by atoms with van der Waals surface area (Å²) in [6.45, 7) is 2.82. The lowest BCUT2D eigenvalue weighted by Crippen LogP contribution is -2.28. The first-order valence-electron chi connectivity index (χ1n) is 5.10. The third-order valence-electron chi connectivity index (χ3n) is 2.48. The van der Waals surface area contributed by atoms with Gasteiger partial charge in [-0.2, -0.15) is 0 Å². The van der Waals surface area contributed by atoms with E-state index in [2.05, 4.69) is 5.32 Å². The van der Waals surface area contributed by atoms with E-state index in [1.54, 1.807) is 6.26 Å². The van der Waals surface area contributed by atoms with Crippen molar-refractivity contribution in [3.05, 3.63) is 36.1 Å². The Bertz CT molecular complexity index is 436. The normalized spacial score (nSPS) is 13.2. The maximum Gasteiger partial charge on any atom is 0.134 e. The molecule has 1 unspecified atom stereocenters. The van der Waals surface area contributed by atoms with Crippen molar-refractivity contribution in [1.82, 2.24) is 5.32 Å². The molecule has 0 amide bonds. The minimum atomic E-state index is 0.110. The number of benzene rings is 1. The summed E-state index contributed by atoms with van der Waals surface area (Å²) < 4.78 is 5.41. The lowest BCUT2D eigenvalue weighted by atomic mass is 10.2. The van der Waals surface area contributed by atoms with Gasteiger partial charge in [-0.25, -0.2) is 0 Å². The van der Waals surface area contributed by atoms with Crippen LogP contribution in [-0.2, 0) is 6.54 Å². The third kappa shape index (κ3) is 2.19. The van der Waals surface area contributed by atoms with Gasteiger partial charge in [0.2, 0.25) is 0 Å². The van der Waals surface area contributed by atoms with Crippen LogP contribution in [0.5, 0.6) is 0 Å². The molecule has 0 aliphatic heterocycles. The molecule has 1 aromatic heterocycles. The van der Waals surface area contributed by atoms with Crippen LogP contribution < -0.4 is 5.32 Å². The number of furan rings is 1. The molecule has 0 bridgehead atoms. The van der Waals surface area contributed by atoms with Gasteiger partial charge in [0.25, 0.3) is 0 Å². The van der Waals surface area contributed by atoms with Crippen LogP contribution in [0.25, 0.3) is 11.0 Å². The minimum absolute atomic E-state index is 0.110. The summed E-state index contributed by atoms with van der Waals surface area (Å²) in [5.74, 6) is 0. The summed E-state index contributed by atoms with van der Waals surface area (Å²) in [5, 5.41) is 13.2. The van der Waals surface area contributed by atoms with Crippen molar-refractivity contribution in [2.24, 2.45) is 0 Å². The summed E-state index contributed by atoms with van der Waals surface area (Å²) in [4.78, 5) is 0. The van der Waals surface area contributed by atoms with Crippen molar-refractivity contribution in [3.8, 4) is 0 Å². The molecular formula is C12H15NO2. The zero-order valence-electron chi connectivity index (χ0n) is 8.73. The molecule has 3 nitrogen and oxygen atoms in total. The number of aliphatic hydroxyl groups excluding tert-OH is 1. The van der Waals surface area contributed by atoms with Gasteiger partial charge in [0.15, 0.2) is 0 Å². The van der Waals surface area contributed by atoms with Gasteiger partial charge in [-0.15, -0.1) is 0 Å². The summed E-state index contributed by atoms with van der Waals surface area (Å²) >= 11 is 0. The Balaban J connectivity index is 2.14. The fourth-order valence-electron chi connectivity index (χ4n) is 1.52. The van der Waals surface area contributed by atoms with E-state index in [0.29, 0.717) is 0 Å². The summed E-state index contributed by atoms with van der Waals surface area (Å²) in [7, 11) is 0.